The second-order valence-corrected chi connectivity index (χ2v) is 11.3. The van der Waals surface area contributed by atoms with Crippen molar-refractivity contribution in [2.45, 2.75) is 45.6 Å². The predicted octanol–water partition coefficient (Wildman–Crippen LogP) is 7.51. The van der Waals surface area contributed by atoms with E-state index < -0.39 is 10.8 Å². The maximum Gasteiger partial charge on any atom is 0.271 e. The first kappa shape index (κ1) is 28.4. The third kappa shape index (κ3) is 5.21. The lowest BCUT2D eigenvalue weighted by atomic mass is 9.74. The quantitative estimate of drug-likeness (QED) is 0.220. The fourth-order valence-corrected chi connectivity index (χ4v) is 6.22. The van der Waals surface area contributed by atoms with E-state index >= 15 is 0 Å². The second kappa shape index (κ2) is 11.4. The zero-order valence-electron chi connectivity index (χ0n) is 22.4. The van der Waals surface area contributed by atoms with Gasteiger partial charge in [0.1, 0.15) is 18.2 Å². The molecule has 0 amide bonds. The molecule has 1 heterocycles. The van der Waals surface area contributed by atoms with Gasteiger partial charge in [0, 0.05) is 29.8 Å². The minimum absolute atomic E-state index is 0.0643. The number of nitro groups is 1. The first-order valence-corrected chi connectivity index (χ1v) is 14.2. The van der Waals surface area contributed by atoms with Crippen molar-refractivity contribution in [2.24, 2.45) is 5.73 Å². The molecular formula is C31H26BrClN4O4. The van der Waals surface area contributed by atoms with Crippen LogP contribution in [0.15, 0.2) is 81.7 Å². The molecule has 5 rings (SSSR count). The van der Waals surface area contributed by atoms with E-state index in [4.69, 9.17) is 22.1 Å². The number of nitrogens with zero attached hydrogens (tertiary/aromatic N) is 3. The highest BCUT2D eigenvalue weighted by Gasteiger charge is 2.41. The number of hydrogen-bond acceptors (Lipinski definition) is 7. The zero-order chi connectivity index (χ0) is 29.4. The highest BCUT2D eigenvalue weighted by atomic mass is 79.9. The van der Waals surface area contributed by atoms with Gasteiger partial charge >= 0.3 is 0 Å². The van der Waals surface area contributed by atoms with Crippen LogP contribution in [0.3, 0.4) is 0 Å². The second-order valence-electron chi connectivity index (χ2n) is 10.1. The maximum absolute atomic E-state index is 13.6. The number of ether oxygens (including phenoxy) is 1. The number of nitriles is 1. The minimum atomic E-state index is -0.668. The molecule has 0 aromatic heterocycles. The van der Waals surface area contributed by atoms with Gasteiger partial charge in [-0.15, -0.1) is 0 Å². The van der Waals surface area contributed by atoms with Gasteiger partial charge in [0.05, 0.1) is 37.7 Å². The maximum atomic E-state index is 13.6. The van der Waals surface area contributed by atoms with Gasteiger partial charge in [-0.25, -0.2) is 0 Å². The Morgan fingerprint density at radius 2 is 1.93 bits per heavy atom. The Morgan fingerprint density at radius 3 is 2.61 bits per heavy atom. The van der Waals surface area contributed by atoms with E-state index in [1.165, 1.54) is 18.2 Å². The number of hydrogen-bond donors (Lipinski definition) is 1. The third-order valence-corrected chi connectivity index (χ3v) is 8.51. The fraction of sp³-hybridized carbons (Fsp3) is 0.226. The van der Waals surface area contributed by atoms with Crippen molar-refractivity contribution in [3.63, 3.8) is 0 Å². The summed E-state index contributed by atoms with van der Waals surface area (Å²) in [5, 5.41) is 21.8. The number of ketones is 1. The highest BCUT2D eigenvalue weighted by Crippen LogP contribution is 2.48. The summed E-state index contributed by atoms with van der Waals surface area (Å²) in [5.74, 6) is 0.119. The van der Waals surface area contributed by atoms with Crippen LogP contribution >= 0.6 is 27.5 Å². The Hall–Kier alpha value is -4.13. The molecule has 41 heavy (non-hydrogen) atoms. The van der Waals surface area contributed by atoms with Crippen molar-refractivity contribution in [1.82, 2.24) is 0 Å². The molecule has 0 fully saturated rings. The summed E-state index contributed by atoms with van der Waals surface area (Å²) in [4.78, 5) is 26.0. The number of carbonyl (C=O) groups is 1. The molecule has 2 N–H and O–H groups in total. The first-order chi connectivity index (χ1) is 19.6. The predicted molar refractivity (Wildman–Crippen MR) is 160 cm³/mol. The molecule has 1 aliphatic heterocycles. The number of non-ortho nitro benzene ring substituents is 1. The summed E-state index contributed by atoms with van der Waals surface area (Å²) in [6.45, 7) is 4.25. The van der Waals surface area contributed by atoms with Gasteiger partial charge in [0.2, 0.25) is 0 Å². The average molecular weight is 634 g/mol. The van der Waals surface area contributed by atoms with Gasteiger partial charge in [-0.2, -0.15) is 5.26 Å². The monoisotopic (exact) mass is 632 g/mol. The molecule has 0 saturated heterocycles. The van der Waals surface area contributed by atoms with Crippen LogP contribution in [0.5, 0.6) is 5.75 Å². The van der Waals surface area contributed by atoms with Gasteiger partial charge in [-0.3, -0.25) is 19.8 Å². The van der Waals surface area contributed by atoms with Crippen LogP contribution in [-0.4, -0.2) is 10.7 Å². The number of nitro benzene ring substituents is 1. The summed E-state index contributed by atoms with van der Waals surface area (Å²) in [6, 6.07) is 18.0. The molecule has 0 radical (unpaired) electrons. The lowest BCUT2D eigenvalue weighted by molar-refractivity contribution is -0.384. The lowest BCUT2D eigenvalue weighted by Crippen LogP contribution is -2.39. The van der Waals surface area contributed by atoms with Crippen molar-refractivity contribution < 1.29 is 14.5 Å². The normalized spacial score (nSPS) is 16.9. The molecule has 208 valence electrons. The van der Waals surface area contributed by atoms with Crippen LogP contribution in [0, 0.1) is 35.3 Å². The summed E-state index contributed by atoms with van der Waals surface area (Å²) >= 11 is 10.0. The number of benzene rings is 3. The van der Waals surface area contributed by atoms with Crippen LogP contribution in [0.1, 0.15) is 47.4 Å². The summed E-state index contributed by atoms with van der Waals surface area (Å²) in [7, 11) is 0. The number of allylic oxidation sites excluding steroid dienone is 3. The average Bonchev–Trinajstić information content (AvgIpc) is 2.93. The van der Waals surface area contributed by atoms with E-state index in [0.717, 1.165) is 26.7 Å². The van der Waals surface area contributed by atoms with Crippen molar-refractivity contribution in [1.29, 1.82) is 5.26 Å². The van der Waals surface area contributed by atoms with E-state index in [0.29, 0.717) is 48.6 Å². The van der Waals surface area contributed by atoms with Crippen LogP contribution in [0.4, 0.5) is 11.4 Å². The smallest absolute Gasteiger partial charge is 0.271 e. The van der Waals surface area contributed by atoms with Gasteiger partial charge in [0.15, 0.2) is 5.78 Å². The standard InChI is InChI=1S/C31H26BrClN4O4/c1-17-12-18(2)21(13-19(17)16-41-28-9-4-3-6-23(28)32)29-22(15-34)31(35)36(26-7-5-8-27(38)30(26)29)25-11-10-20(37(39)40)14-24(25)33/h3-4,6,9-14,29H,5,7-8,16,35H2,1-2H3. The Morgan fingerprint density at radius 1 is 1.17 bits per heavy atom. The van der Waals surface area contributed by atoms with Crippen LogP contribution in [-0.2, 0) is 11.4 Å². The Balaban J connectivity index is 1.64. The number of rotatable bonds is 6. The Bertz CT molecular complexity index is 1710. The number of aryl methyl sites for hydroxylation is 2. The molecule has 3 aromatic carbocycles. The minimum Gasteiger partial charge on any atom is -0.488 e. The topological polar surface area (TPSA) is 122 Å². The van der Waals surface area contributed by atoms with Crippen molar-refractivity contribution >= 4 is 44.7 Å². The van der Waals surface area contributed by atoms with Gasteiger partial charge in [0.25, 0.3) is 5.69 Å². The Kier molecular flexibility index (Phi) is 7.89. The molecule has 1 atom stereocenters. The third-order valence-electron chi connectivity index (χ3n) is 7.55. The molecule has 0 bridgehead atoms. The van der Waals surface area contributed by atoms with Gasteiger partial charge in [-0.05, 0) is 83.1 Å². The van der Waals surface area contributed by atoms with Gasteiger partial charge in [-0.1, -0.05) is 35.9 Å². The van der Waals surface area contributed by atoms with Crippen molar-refractivity contribution in [2.75, 3.05) is 4.90 Å². The summed E-state index contributed by atoms with van der Waals surface area (Å²) < 4.78 is 6.94. The molecule has 2 aliphatic rings. The molecule has 0 spiro atoms. The molecule has 8 nitrogen and oxygen atoms in total. The van der Waals surface area contributed by atoms with Gasteiger partial charge < -0.3 is 10.5 Å². The number of para-hydroxylation sites is 1. The molecule has 10 heteroatoms. The van der Waals surface area contributed by atoms with Crippen LogP contribution in [0.2, 0.25) is 5.02 Å². The summed E-state index contributed by atoms with van der Waals surface area (Å²) in [6.07, 6.45) is 1.49. The molecule has 1 unspecified atom stereocenters. The van der Waals surface area contributed by atoms with Crippen LogP contribution in [0.25, 0.3) is 0 Å². The zero-order valence-corrected chi connectivity index (χ0v) is 24.8. The van der Waals surface area contributed by atoms with E-state index in [2.05, 4.69) is 22.0 Å². The van der Waals surface area contributed by atoms with Crippen molar-refractivity contribution in [3.05, 3.63) is 119 Å². The highest BCUT2D eigenvalue weighted by molar-refractivity contribution is 9.10. The number of nitrogens with two attached hydrogens (primary N) is 1. The van der Waals surface area contributed by atoms with E-state index in [9.17, 15) is 20.2 Å². The fourth-order valence-electron chi connectivity index (χ4n) is 5.56. The molecule has 1 aliphatic carbocycles. The SMILES string of the molecule is Cc1cc(C)c(C2C(C#N)=C(N)N(c3ccc([N+](=O)[O-])cc3Cl)C3=C2C(=O)CCC3)cc1COc1ccccc1Br. The van der Waals surface area contributed by atoms with Crippen molar-refractivity contribution in [3.8, 4) is 11.8 Å². The number of carbonyl (C=O) groups excluding carboxylic acids is 1. The van der Waals surface area contributed by atoms with Crippen LogP contribution < -0.4 is 15.4 Å². The Labute approximate surface area is 250 Å². The number of Topliss-reactive ketones (excluding diaryl/α,β-unsaturated/α-hetero) is 1. The largest absolute Gasteiger partial charge is 0.488 e. The molecular weight excluding hydrogens is 608 g/mol. The van der Waals surface area contributed by atoms with E-state index in [1.807, 2.05) is 50.2 Å². The lowest BCUT2D eigenvalue weighted by Gasteiger charge is -2.40. The number of halogens is 2. The van der Waals surface area contributed by atoms with E-state index in [-0.39, 0.29) is 27.9 Å². The molecule has 0 saturated carbocycles. The van der Waals surface area contributed by atoms with E-state index in [1.54, 1.807) is 4.90 Å². The summed E-state index contributed by atoms with van der Waals surface area (Å²) in [5.41, 5.74) is 12.0. The number of anilines is 1. The first-order valence-electron chi connectivity index (χ1n) is 13.0. The molecule has 3 aromatic rings.